The molecule has 3 nitrogen and oxygen atoms in total. The molecule has 1 saturated heterocycles. The van der Waals surface area contributed by atoms with E-state index < -0.39 is 0 Å². The van der Waals surface area contributed by atoms with Gasteiger partial charge in [-0.1, -0.05) is 6.07 Å². The lowest BCUT2D eigenvalue weighted by molar-refractivity contribution is 0.0696. The molecule has 1 aliphatic rings. The zero-order valence-corrected chi connectivity index (χ0v) is 11.4. The molecule has 0 saturated carbocycles. The average Bonchev–Trinajstić information content (AvgIpc) is 2.30. The fraction of sp³-hybridized carbons (Fsp3) is 0.462. The SMILES string of the molecule is Cc1ccc(C(=O)NC2CCOCC2)c(Br)c1. The summed E-state index contributed by atoms with van der Waals surface area (Å²) in [4.78, 5) is 12.1. The highest BCUT2D eigenvalue weighted by Gasteiger charge is 2.18. The Bertz CT molecular complexity index is 414. The van der Waals surface area contributed by atoms with E-state index in [9.17, 15) is 4.79 Å². The molecule has 17 heavy (non-hydrogen) atoms. The molecule has 1 fully saturated rings. The highest BCUT2D eigenvalue weighted by molar-refractivity contribution is 9.10. The van der Waals surface area contributed by atoms with Crippen molar-refractivity contribution in [2.24, 2.45) is 0 Å². The summed E-state index contributed by atoms with van der Waals surface area (Å²) < 4.78 is 6.12. The quantitative estimate of drug-likeness (QED) is 0.911. The Labute approximate surface area is 110 Å². The number of hydrogen-bond acceptors (Lipinski definition) is 2. The molecule has 0 bridgehead atoms. The van der Waals surface area contributed by atoms with E-state index in [0.717, 1.165) is 36.1 Å². The lowest BCUT2D eigenvalue weighted by Crippen LogP contribution is -2.39. The molecular formula is C13H16BrNO2. The van der Waals surface area contributed by atoms with Gasteiger partial charge in [-0.15, -0.1) is 0 Å². The van der Waals surface area contributed by atoms with Crippen molar-refractivity contribution >= 4 is 21.8 Å². The maximum absolute atomic E-state index is 12.1. The van der Waals surface area contributed by atoms with Gasteiger partial charge in [0.25, 0.3) is 5.91 Å². The lowest BCUT2D eigenvalue weighted by atomic mass is 10.1. The van der Waals surface area contributed by atoms with Crippen LogP contribution >= 0.6 is 15.9 Å². The van der Waals surface area contributed by atoms with Crippen LogP contribution in [0.2, 0.25) is 0 Å². The third-order valence-electron chi connectivity index (χ3n) is 2.93. The largest absolute Gasteiger partial charge is 0.381 e. The molecule has 1 amide bonds. The van der Waals surface area contributed by atoms with E-state index in [1.807, 2.05) is 25.1 Å². The van der Waals surface area contributed by atoms with Gasteiger partial charge in [0.05, 0.1) is 5.56 Å². The van der Waals surface area contributed by atoms with Crippen LogP contribution in [0.15, 0.2) is 22.7 Å². The number of carbonyl (C=O) groups is 1. The Hall–Kier alpha value is -0.870. The van der Waals surface area contributed by atoms with Gasteiger partial charge in [0.1, 0.15) is 0 Å². The molecule has 1 aromatic rings. The Morgan fingerprint density at radius 1 is 1.41 bits per heavy atom. The molecule has 0 radical (unpaired) electrons. The van der Waals surface area contributed by atoms with Crippen molar-refractivity contribution in [2.75, 3.05) is 13.2 Å². The van der Waals surface area contributed by atoms with Crippen LogP contribution in [0.1, 0.15) is 28.8 Å². The minimum atomic E-state index is -0.0104. The maximum Gasteiger partial charge on any atom is 0.252 e. The van der Waals surface area contributed by atoms with Crippen molar-refractivity contribution in [3.8, 4) is 0 Å². The molecule has 0 spiro atoms. The molecule has 1 heterocycles. The molecule has 1 aliphatic heterocycles. The van der Waals surface area contributed by atoms with Gasteiger partial charge < -0.3 is 10.1 Å². The first kappa shape index (κ1) is 12.6. The van der Waals surface area contributed by atoms with Crippen LogP contribution in [0, 0.1) is 6.92 Å². The van der Waals surface area contributed by atoms with E-state index in [4.69, 9.17) is 4.74 Å². The third kappa shape index (κ3) is 3.30. The Morgan fingerprint density at radius 2 is 2.12 bits per heavy atom. The van der Waals surface area contributed by atoms with E-state index >= 15 is 0 Å². The van der Waals surface area contributed by atoms with Crippen LogP contribution < -0.4 is 5.32 Å². The highest BCUT2D eigenvalue weighted by Crippen LogP contribution is 2.19. The van der Waals surface area contributed by atoms with Crippen molar-refractivity contribution in [1.82, 2.24) is 5.32 Å². The van der Waals surface area contributed by atoms with E-state index in [0.29, 0.717) is 5.56 Å². The topological polar surface area (TPSA) is 38.3 Å². The van der Waals surface area contributed by atoms with Gasteiger partial charge in [-0.05, 0) is 53.4 Å². The van der Waals surface area contributed by atoms with Gasteiger partial charge >= 0.3 is 0 Å². The number of nitrogens with one attached hydrogen (secondary N) is 1. The number of amides is 1. The number of carbonyl (C=O) groups excluding carboxylic acids is 1. The normalized spacial score (nSPS) is 16.8. The second kappa shape index (κ2) is 5.65. The summed E-state index contributed by atoms with van der Waals surface area (Å²) in [5.74, 6) is -0.0104. The zero-order valence-electron chi connectivity index (χ0n) is 9.83. The number of hydrogen-bond donors (Lipinski definition) is 1. The number of rotatable bonds is 2. The Morgan fingerprint density at radius 3 is 2.76 bits per heavy atom. The highest BCUT2D eigenvalue weighted by atomic mass is 79.9. The first-order valence-electron chi connectivity index (χ1n) is 5.81. The van der Waals surface area contributed by atoms with Gasteiger partial charge in [0, 0.05) is 23.7 Å². The van der Waals surface area contributed by atoms with Crippen molar-refractivity contribution in [3.05, 3.63) is 33.8 Å². The lowest BCUT2D eigenvalue weighted by Gasteiger charge is -2.23. The number of aryl methyl sites for hydroxylation is 1. The first-order valence-corrected chi connectivity index (χ1v) is 6.61. The first-order chi connectivity index (χ1) is 8.16. The van der Waals surface area contributed by atoms with Crippen LogP contribution in [0.4, 0.5) is 0 Å². The molecule has 0 atom stereocenters. The van der Waals surface area contributed by atoms with Crippen molar-refractivity contribution < 1.29 is 9.53 Å². The van der Waals surface area contributed by atoms with E-state index in [1.54, 1.807) is 0 Å². The molecule has 4 heteroatoms. The summed E-state index contributed by atoms with van der Waals surface area (Å²) in [6.07, 6.45) is 1.80. The van der Waals surface area contributed by atoms with Gasteiger partial charge in [0.2, 0.25) is 0 Å². The molecule has 1 N–H and O–H groups in total. The summed E-state index contributed by atoms with van der Waals surface area (Å²) in [5, 5.41) is 3.05. The van der Waals surface area contributed by atoms with Crippen LogP contribution in [0.25, 0.3) is 0 Å². The van der Waals surface area contributed by atoms with E-state index in [-0.39, 0.29) is 11.9 Å². The number of ether oxygens (including phenoxy) is 1. The molecule has 0 aliphatic carbocycles. The van der Waals surface area contributed by atoms with E-state index in [2.05, 4.69) is 21.2 Å². The third-order valence-corrected chi connectivity index (χ3v) is 3.58. The molecule has 92 valence electrons. The summed E-state index contributed by atoms with van der Waals surface area (Å²) in [6, 6.07) is 6.00. The summed E-state index contributed by atoms with van der Waals surface area (Å²) in [6.45, 7) is 3.48. The molecule has 0 unspecified atom stereocenters. The van der Waals surface area contributed by atoms with Crippen molar-refractivity contribution in [3.63, 3.8) is 0 Å². The van der Waals surface area contributed by atoms with Crippen molar-refractivity contribution in [2.45, 2.75) is 25.8 Å². The maximum atomic E-state index is 12.1. The second-order valence-electron chi connectivity index (χ2n) is 4.34. The summed E-state index contributed by atoms with van der Waals surface area (Å²) >= 11 is 3.43. The molecule has 0 aromatic heterocycles. The summed E-state index contributed by atoms with van der Waals surface area (Å²) in [5.41, 5.74) is 1.83. The number of benzene rings is 1. The van der Waals surface area contributed by atoms with Crippen LogP contribution in [-0.4, -0.2) is 25.2 Å². The standard InChI is InChI=1S/C13H16BrNO2/c1-9-2-3-11(12(14)8-9)13(16)15-10-4-6-17-7-5-10/h2-3,8,10H,4-7H2,1H3,(H,15,16). The van der Waals surface area contributed by atoms with E-state index in [1.165, 1.54) is 0 Å². The monoisotopic (exact) mass is 297 g/mol. The van der Waals surface area contributed by atoms with Gasteiger partial charge in [-0.25, -0.2) is 0 Å². The average molecular weight is 298 g/mol. The van der Waals surface area contributed by atoms with Crippen molar-refractivity contribution in [1.29, 1.82) is 0 Å². The van der Waals surface area contributed by atoms with Crippen LogP contribution in [0.3, 0.4) is 0 Å². The zero-order chi connectivity index (χ0) is 12.3. The van der Waals surface area contributed by atoms with Crippen LogP contribution in [0.5, 0.6) is 0 Å². The minimum Gasteiger partial charge on any atom is -0.381 e. The van der Waals surface area contributed by atoms with Gasteiger partial charge in [-0.3, -0.25) is 4.79 Å². The summed E-state index contributed by atoms with van der Waals surface area (Å²) in [7, 11) is 0. The Balaban J connectivity index is 2.03. The second-order valence-corrected chi connectivity index (χ2v) is 5.20. The smallest absolute Gasteiger partial charge is 0.252 e. The Kier molecular flexibility index (Phi) is 4.18. The number of halogens is 1. The predicted molar refractivity (Wildman–Crippen MR) is 70.2 cm³/mol. The van der Waals surface area contributed by atoms with Gasteiger partial charge in [-0.2, -0.15) is 0 Å². The molecule has 1 aromatic carbocycles. The molecule has 2 rings (SSSR count). The fourth-order valence-corrected chi connectivity index (χ4v) is 2.58. The minimum absolute atomic E-state index is 0.0104. The van der Waals surface area contributed by atoms with Gasteiger partial charge in [0.15, 0.2) is 0 Å². The predicted octanol–water partition coefficient (Wildman–Crippen LogP) is 2.67. The van der Waals surface area contributed by atoms with Crippen LogP contribution in [-0.2, 0) is 4.74 Å². The molecular weight excluding hydrogens is 282 g/mol. The fourth-order valence-electron chi connectivity index (χ4n) is 1.91.